The molecule has 4 aromatic carbocycles. The van der Waals surface area contributed by atoms with Crippen LogP contribution in [0.2, 0.25) is 0 Å². The Labute approximate surface area is 446 Å². The van der Waals surface area contributed by atoms with Crippen LogP contribution in [0.15, 0.2) is 103 Å². The molecule has 6 heteroatoms. The van der Waals surface area contributed by atoms with Gasteiger partial charge in [0.15, 0.2) is 0 Å². The van der Waals surface area contributed by atoms with Crippen molar-refractivity contribution in [2.45, 2.75) is 157 Å². The summed E-state index contributed by atoms with van der Waals surface area (Å²) in [6, 6.07) is 37.0. The van der Waals surface area contributed by atoms with Crippen LogP contribution >= 0.6 is 0 Å². The van der Waals surface area contributed by atoms with E-state index < -0.39 is 5.97 Å². The molecule has 0 radical (unpaired) electrons. The summed E-state index contributed by atoms with van der Waals surface area (Å²) in [7, 11) is 0. The van der Waals surface area contributed by atoms with E-state index in [1.54, 1.807) is 12.1 Å². The zero-order valence-corrected chi connectivity index (χ0v) is 47.9. The number of nitrogens with zero attached hydrogens (tertiary/aromatic N) is 2. The molecule has 3 N–H and O–H groups in total. The van der Waals surface area contributed by atoms with Gasteiger partial charge in [-0.2, -0.15) is 0 Å². The molecule has 0 spiro atoms. The highest BCUT2D eigenvalue weighted by Crippen LogP contribution is 2.44. The fourth-order valence-corrected chi connectivity index (χ4v) is 10.2. The first-order chi connectivity index (χ1) is 34.8. The van der Waals surface area contributed by atoms with Crippen molar-refractivity contribution in [2.75, 3.05) is 0 Å². The van der Waals surface area contributed by atoms with Gasteiger partial charge in [0.25, 0.3) is 0 Å². The number of rotatable bonds is 5. The molecule has 9 rings (SSSR count). The molecule has 0 amide bonds. The normalized spacial score (nSPS) is 13.5. The van der Waals surface area contributed by atoms with Crippen LogP contribution in [0.3, 0.4) is 0 Å². The van der Waals surface area contributed by atoms with Crippen LogP contribution in [0, 0.1) is 0 Å². The number of H-pyrrole nitrogens is 2. The number of fused-ring (bicyclic) bond motifs is 8. The van der Waals surface area contributed by atoms with Gasteiger partial charge in [-0.05, 0) is 137 Å². The van der Waals surface area contributed by atoms with E-state index in [4.69, 9.17) is 9.97 Å². The van der Waals surface area contributed by atoms with Crippen LogP contribution in [-0.4, -0.2) is 31.0 Å². The molecule has 0 saturated carbocycles. The fourth-order valence-electron chi connectivity index (χ4n) is 10.2. The SMILES string of the molecule is CC(C)(C)c1cc(-c2c3nc(c(-c4cc(C(C)(C)C)cc(C(C)(C)C)c4)c4ccc([nH]4)c(-c4ccccc4C(=O)O)c4nc(c(-c5cc(C(C)(C)C)cc(C(C)(C)C)c5)c5ccc2[nH]5)C=C4)C=C3)cc(C(C)(C)C)c1. The number of aromatic nitrogens is 4. The number of aromatic carboxylic acids is 1. The van der Waals surface area contributed by atoms with Gasteiger partial charge in [0.2, 0.25) is 0 Å². The molecule has 75 heavy (non-hydrogen) atoms. The maximum absolute atomic E-state index is 13.2. The Kier molecular flexibility index (Phi) is 12.9. The maximum Gasteiger partial charge on any atom is 0.336 e. The Morgan fingerprint density at radius 2 is 0.613 bits per heavy atom. The van der Waals surface area contributed by atoms with Crippen LogP contribution in [0.1, 0.15) is 191 Å². The molecule has 0 saturated heterocycles. The van der Waals surface area contributed by atoms with Crippen LogP contribution in [0.25, 0.3) is 90.9 Å². The van der Waals surface area contributed by atoms with Gasteiger partial charge in [0, 0.05) is 49.9 Å². The highest BCUT2D eigenvalue weighted by Gasteiger charge is 2.28. The van der Waals surface area contributed by atoms with E-state index >= 15 is 0 Å². The third kappa shape index (κ3) is 10.5. The van der Waals surface area contributed by atoms with Gasteiger partial charge in [-0.25, -0.2) is 14.8 Å². The average Bonchev–Trinajstić information content (AvgIpc) is 4.16. The molecule has 8 bridgehead atoms. The van der Waals surface area contributed by atoms with E-state index in [2.05, 4.69) is 232 Å². The van der Waals surface area contributed by atoms with E-state index in [-0.39, 0.29) is 38.1 Å². The number of hydrogen-bond donors (Lipinski definition) is 3. The summed E-state index contributed by atoms with van der Waals surface area (Å²) in [6.45, 7) is 41.0. The minimum atomic E-state index is -1.01. The van der Waals surface area contributed by atoms with E-state index in [0.29, 0.717) is 16.8 Å². The van der Waals surface area contributed by atoms with Crippen molar-refractivity contribution in [1.29, 1.82) is 0 Å². The third-order valence-electron chi connectivity index (χ3n) is 15.0. The number of carbonyl (C=O) groups is 1. The summed E-state index contributed by atoms with van der Waals surface area (Å²) in [5, 5.41) is 10.8. The van der Waals surface area contributed by atoms with Crippen molar-refractivity contribution < 1.29 is 9.90 Å². The lowest BCUT2D eigenvalue weighted by molar-refractivity contribution is 0.0697. The lowest BCUT2D eigenvalue weighted by atomic mass is 9.78. The van der Waals surface area contributed by atoms with Crippen molar-refractivity contribution in [1.82, 2.24) is 19.9 Å². The van der Waals surface area contributed by atoms with E-state index in [9.17, 15) is 9.90 Å². The molecule has 2 aliphatic heterocycles. The summed E-state index contributed by atoms with van der Waals surface area (Å²) in [5.41, 5.74) is 20.8. The Morgan fingerprint density at radius 3 is 0.880 bits per heavy atom. The standard InChI is InChI=1S/C69H78N4O2/c1-64(2,3)43-31-40(32-44(37-43)65(4,5)6)59-51-23-25-53(70-51)60(41-33-45(66(7,8)9)38-46(34-41)67(10,11)12)55-27-29-57(72-55)62(49-21-19-20-22-50(49)63(74)75)58-30-28-56(73-58)61(54-26-24-52(59)71-54)42-35-47(68(13,14)15)39-48(36-42)69(16,17)18/h19-39,70,73H,1-18H3,(H,74,75). The molecular formula is C69H78N4O2. The van der Waals surface area contributed by atoms with Gasteiger partial charge in [-0.15, -0.1) is 0 Å². The zero-order valence-electron chi connectivity index (χ0n) is 47.9. The van der Waals surface area contributed by atoms with Crippen molar-refractivity contribution in [2.24, 2.45) is 0 Å². The molecule has 2 aliphatic rings. The van der Waals surface area contributed by atoms with Gasteiger partial charge in [-0.1, -0.05) is 197 Å². The number of aromatic amines is 2. The highest BCUT2D eigenvalue weighted by atomic mass is 16.4. The van der Waals surface area contributed by atoms with E-state index in [0.717, 1.165) is 72.5 Å². The van der Waals surface area contributed by atoms with Crippen LogP contribution < -0.4 is 0 Å². The number of hydrogen-bond acceptors (Lipinski definition) is 3. The van der Waals surface area contributed by atoms with Gasteiger partial charge >= 0.3 is 5.97 Å². The predicted octanol–water partition coefficient (Wildman–Crippen LogP) is 18.8. The molecule has 7 aromatic rings. The van der Waals surface area contributed by atoms with Gasteiger partial charge < -0.3 is 15.1 Å². The Morgan fingerprint density at radius 1 is 0.360 bits per heavy atom. The summed E-state index contributed by atoms with van der Waals surface area (Å²) >= 11 is 0. The van der Waals surface area contributed by atoms with Crippen LogP contribution in [-0.2, 0) is 32.5 Å². The van der Waals surface area contributed by atoms with Gasteiger partial charge in [-0.3, -0.25) is 0 Å². The van der Waals surface area contributed by atoms with Crippen molar-refractivity contribution in [3.8, 4) is 44.5 Å². The molecule has 386 valence electrons. The van der Waals surface area contributed by atoms with Crippen molar-refractivity contribution in [3.05, 3.63) is 165 Å². The minimum Gasteiger partial charge on any atom is -0.478 e. The van der Waals surface area contributed by atoms with Gasteiger partial charge in [0.05, 0.1) is 28.3 Å². The fraction of sp³-hybridized carbons (Fsp3) is 0.348. The average molecular weight is 995 g/mol. The Hall–Kier alpha value is -7.05. The molecule has 3 aromatic heterocycles. The van der Waals surface area contributed by atoms with E-state index in [1.807, 2.05) is 18.2 Å². The number of benzene rings is 4. The Balaban J connectivity index is 1.55. The molecule has 0 fully saturated rings. The predicted molar refractivity (Wildman–Crippen MR) is 320 cm³/mol. The number of nitrogens with one attached hydrogen (secondary N) is 2. The molecule has 5 heterocycles. The second-order valence-electron chi connectivity index (χ2n) is 27.3. The molecule has 0 atom stereocenters. The third-order valence-corrected chi connectivity index (χ3v) is 15.0. The number of carboxylic acid groups (broad SMARTS) is 1. The summed E-state index contributed by atoms with van der Waals surface area (Å²) in [6.07, 6.45) is 8.50. The minimum absolute atomic E-state index is 0.124. The van der Waals surface area contributed by atoms with Gasteiger partial charge in [0.1, 0.15) is 0 Å². The molecule has 6 nitrogen and oxygen atoms in total. The summed E-state index contributed by atoms with van der Waals surface area (Å²) in [5.74, 6) is -1.01. The van der Waals surface area contributed by atoms with Crippen LogP contribution in [0.4, 0.5) is 0 Å². The smallest absolute Gasteiger partial charge is 0.336 e. The summed E-state index contributed by atoms with van der Waals surface area (Å²) < 4.78 is 0. The molecule has 0 unspecified atom stereocenters. The first kappa shape index (κ1) is 52.8. The van der Waals surface area contributed by atoms with Crippen molar-refractivity contribution >= 4 is 52.3 Å². The lowest BCUT2D eigenvalue weighted by Crippen LogP contribution is -2.16. The second kappa shape index (κ2) is 18.4. The number of carboxylic acids is 1. The largest absolute Gasteiger partial charge is 0.478 e. The molecule has 0 aliphatic carbocycles. The topological polar surface area (TPSA) is 94.7 Å². The first-order valence-electron chi connectivity index (χ1n) is 26.7. The highest BCUT2D eigenvalue weighted by molar-refractivity contribution is 6.04. The quantitative estimate of drug-likeness (QED) is 0.160. The zero-order chi connectivity index (χ0) is 54.5. The Bertz CT molecular complexity index is 3510. The lowest BCUT2D eigenvalue weighted by Gasteiger charge is -2.26. The van der Waals surface area contributed by atoms with E-state index in [1.165, 1.54) is 33.4 Å². The summed E-state index contributed by atoms with van der Waals surface area (Å²) in [4.78, 5) is 32.4. The second-order valence-corrected chi connectivity index (χ2v) is 27.3. The maximum atomic E-state index is 13.2. The molecular weight excluding hydrogens is 917 g/mol. The first-order valence-corrected chi connectivity index (χ1v) is 26.7. The van der Waals surface area contributed by atoms with Crippen LogP contribution in [0.5, 0.6) is 0 Å². The monoisotopic (exact) mass is 995 g/mol. The van der Waals surface area contributed by atoms with Crippen molar-refractivity contribution in [3.63, 3.8) is 0 Å².